The van der Waals surface area contributed by atoms with Crippen molar-refractivity contribution in [3.63, 3.8) is 0 Å². The predicted octanol–water partition coefficient (Wildman–Crippen LogP) is -19.1. The molecule has 11 nitrogen and oxygen atoms in total. The van der Waals surface area contributed by atoms with Crippen molar-refractivity contribution in [2.75, 3.05) is 0 Å². The van der Waals surface area contributed by atoms with Gasteiger partial charge in [0.15, 0.2) is 0 Å². The standard InChI is InChI=1S/CH2O3.Al.4Na.2H3O4P/c2-1(3)4;;;;;;2*1-5(2,3)4/h(H2,2,3,4);;;;;;2*(H3,1,2,3,4)/q;+3;4*+1;;/p-7. The molecule has 1 N–H and O–H groups in total. The number of rotatable bonds is 0. The molecule has 0 aromatic carbocycles. The molecule has 0 atom stereocenters. The molecule has 0 amide bonds. The van der Waals surface area contributed by atoms with Gasteiger partial charge in [-0.25, -0.2) is 0 Å². The van der Waals surface area contributed by atoms with Crippen molar-refractivity contribution in [3.8, 4) is 0 Å². The van der Waals surface area contributed by atoms with Crippen LogP contribution in [0.25, 0.3) is 0 Å². The number of carboxylic acid groups (broad SMARTS) is 2. The molecular weight excluding hydrogens is 369 g/mol. The SMILES string of the molecule is O=C([O-])O.O=P([O-])([O-])[O-].O=P([O-])([O-])[O-].[Al+3].[Na+].[Na+].[Na+].[Na+]. The summed E-state index contributed by atoms with van der Waals surface area (Å²) in [5.74, 6) is 0. The Kier molecular flexibility index (Phi) is 70.0. The van der Waals surface area contributed by atoms with Crippen molar-refractivity contribution < 1.29 is 172 Å². The quantitative estimate of drug-likeness (QED) is 0.310. The second kappa shape index (κ2) is 26.9. The molecule has 88 valence electrons. The molecule has 0 unspecified atom stereocenters. The van der Waals surface area contributed by atoms with Gasteiger partial charge in [-0.1, -0.05) is 0 Å². The van der Waals surface area contributed by atoms with Crippen LogP contribution < -0.4 is 153 Å². The van der Waals surface area contributed by atoms with Gasteiger partial charge in [-0.15, -0.1) is 0 Å². The first-order valence-corrected chi connectivity index (χ1v) is 5.01. The minimum atomic E-state index is -5.39. The Morgan fingerprint density at radius 1 is 0.737 bits per heavy atom. The summed E-state index contributed by atoms with van der Waals surface area (Å²) >= 11 is 0. The summed E-state index contributed by atoms with van der Waals surface area (Å²) in [7, 11) is -10.8. The van der Waals surface area contributed by atoms with Crippen molar-refractivity contribution in [2.45, 2.75) is 0 Å². The topological polar surface area (TPSA) is 233 Å². The maximum absolute atomic E-state index is 8.55. The average molecular weight is 370 g/mol. The van der Waals surface area contributed by atoms with Gasteiger partial charge in [0.05, 0.1) is 0 Å². The van der Waals surface area contributed by atoms with Crippen LogP contribution in [0.2, 0.25) is 0 Å². The van der Waals surface area contributed by atoms with Gasteiger partial charge in [0, 0.05) is 0 Å². The maximum atomic E-state index is 8.55. The first-order chi connectivity index (χ1) is 5.73. The van der Waals surface area contributed by atoms with Crippen molar-refractivity contribution >= 4 is 39.2 Å². The van der Waals surface area contributed by atoms with Gasteiger partial charge in [-0.3, -0.25) is 0 Å². The minimum absolute atomic E-state index is 0. The van der Waals surface area contributed by atoms with E-state index in [4.69, 9.17) is 53.5 Å². The van der Waals surface area contributed by atoms with E-state index in [2.05, 4.69) is 0 Å². The third-order valence-corrected chi connectivity index (χ3v) is 0. The Bertz CT molecular complexity index is 209. The smallest absolute Gasteiger partial charge is 0.822 e. The van der Waals surface area contributed by atoms with Gasteiger partial charge in [0.1, 0.15) is 0 Å². The summed E-state index contributed by atoms with van der Waals surface area (Å²) < 4.78 is 17.1. The summed E-state index contributed by atoms with van der Waals surface area (Å²) in [6.45, 7) is 0. The molecule has 0 spiro atoms. The Morgan fingerprint density at radius 2 is 0.737 bits per heavy atom. The summed E-state index contributed by atoms with van der Waals surface area (Å²) in [5, 5.41) is 15.3. The molecule has 0 fully saturated rings. The molecular formula is CHAlNa4O11P2. The summed E-state index contributed by atoms with van der Waals surface area (Å²) in [6.07, 6.45) is -2.08. The van der Waals surface area contributed by atoms with E-state index in [1.165, 1.54) is 0 Å². The zero-order chi connectivity index (χ0) is 12.6. The number of hydrogen-bond donors (Lipinski definition) is 1. The summed E-state index contributed by atoms with van der Waals surface area (Å²) in [6, 6.07) is 0. The van der Waals surface area contributed by atoms with Crippen LogP contribution in [0.5, 0.6) is 0 Å². The fraction of sp³-hybridized carbons (Fsp3) is 0. The van der Waals surface area contributed by atoms with Crippen LogP contribution >= 0.6 is 15.6 Å². The van der Waals surface area contributed by atoms with Crippen LogP contribution in [0.15, 0.2) is 0 Å². The third kappa shape index (κ3) is 546. The monoisotopic (exact) mass is 370 g/mol. The molecule has 0 rings (SSSR count). The first kappa shape index (κ1) is 49.5. The van der Waals surface area contributed by atoms with Gasteiger partial charge in [0.25, 0.3) is 0 Å². The molecule has 0 aromatic heterocycles. The van der Waals surface area contributed by atoms with Gasteiger partial charge in [-0.2, -0.15) is 15.6 Å². The molecule has 0 aliphatic rings. The number of phosphoric acid groups is 2. The summed E-state index contributed by atoms with van der Waals surface area (Å²) in [4.78, 5) is 59.7. The van der Waals surface area contributed by atoms with Crippen molar-refractivity contribution in [3.05, 3.63) is 0 Å². The van der Waals surface area contributed by atoms with E-state index in [1.54, 1.807) is 0 Å². The molecule has 19 heavy (non-hydrogen) atoms. The predicted molar refractivity (Wildman–Crippen MR) is 29.0 cm³/mol. The van der Waals surface area contributed by atoms with Gasteiger partial charge >= 0.3 is 136 Å². The average Bonchev–Trinajstić information content (AvgIpc) is 1.45. The van der Waals surface area contributed by atoms with Crippen LogP contribution in [0.1, 0.15) is 0 Å². The zero-order valence-corrected chi connectivity index (χ0v) is 21.4. The van der Waals surface area contributed by atoms with Crippen molar-refractivity contribution in [1.29, 1.82) is 0 Å². The van der Waals surface area contributed by atoms with E-state index in [9.17, 15) is 0 Å². The molecule has 0 heterocycles. The van der Waals surface area contributed by atoms with Crippen LogP contribution in [0, 0.1) is 0 Å². The van der Waals surface area contributed by atoms with E-state index in [1.807, 2.05) is 0 Å². The van der Waals surface area contributed by atoms with Gasteiger partial charge < -0.3 is 53.5 Å². The molecule has 0 radical (unpaired) electrons. The van der Waals surface area contributed by atoms with Gasteiger partial charge in [0.2, 0.25) is 6.16 Å². The maximum Gasteiger partial charge on any atom is 3.00 e. The second-order valence-corrected chi connectivity index (χ2v) is 2.95. The Morgan fingerprint density at radius 3 is 0.737 bits per heavy atom. The number of hydrogen-bond acceptors (Lipinski definition) is 10. The fourth-order valence-corrected chi connectivity index (χ4v) is 0. The van der Waals surface area contributed by atoms with Crippen molar-refractivity contribution in [2.24, 2.45) is 0 Å². The summed E-state index contributed by atoms with van der Waals surface area (Å²) in [5.41, 5.74) is 0. The molecule has 0 saturated carbocycles. The van der Waals surface area contributed by atoms with Crippen LogP contribution in [0.3, 0.4) is 0 Å². The normalized spacial score (nSPS) is 7.47. The van der Waals surface area contributed by atoms with E-state index >= 15 is 0 Å². The van der Waals surface area contributed by atoms with Crippen LogP contribution in [0.4, 0.5) is 4.79 Å². The zero-order valence-electron chi connectivity index (χ0n) is 10.5. The fourth-order valence-electron chi connectivity index (χ4n) is 0. The molecule has 0 aliphatic carbocycles. The van der Waals surface area contributed by atoms with E-state index in [-0.39, 0.29) is 136 Å². The van der Waals surface area contributed by atoms with E-state index in [0.717, 1.165) is 0 Å². The van der Waals surface area contributed by atoms with Crippen LogP contribution in [-0.4, -0.2) is 28.6 Å². The Labute approximate surface area is 207 Å². The van der Waals surface area contributed by atoms with Gasteiger partial charge in [-0.05, 0) is 0 Å². The van der Waals surface area contributed by atoms with Crippen LogP contribution in [-0.2, 0) is 9.13 Å². The Balaban J connectivity index is -0.0000000141. The molecule has 18 heteroatoms. The first-order valence-electron chi connectivity index (χ1n) is 2.09. The molecule has 0 aliphatic heterocycles. The van der Waals surface area contributed by atoms with Crippen molar-refractivity contribution in [1.82, 2.24) is 0 Å². The van der Waals surface area contributed by atoms with E-state index in [0.29, 0.717) is 0 Å². The minimum Gasteiger partial charge on any atom is -0.822 e. The molecule has 0 bridgehead atoms. The molecule has 0 saturated heterocycles. The van der Waals surface area contributed by atoms with E-state index < -0.39 is 21.8 Å². The second-order valence-electron chi connectivity index (χ2n) is 1.16. The third-order valence-electron chi connectivity index (χ3n) is 0. The Hall–Kier alpha value is 4.02. The molecule has 0 aromatic rings. The largest absolute Gasteiger partial charge is 3.00 e. The number of carbonyl (C=O) groups is 1.